The number of benzene rings is 1. The van der Waals surface area contributed by atoms with Crippen LogP contribution in [0.25, 0.3) is 0 Å². The molecule has 3 rings (SSSR count). The van der Waals surface area contributed by atoms with Gasteiger partial charge >= 0.3 is 6.18 Å². The van der Waals surface area contributed by atoms with Crippen LogP contribution in [0.15, 0.2) is 30.3 Å². The summed E-state index contributed by atoms with van der Waals surface area (Å²) in [7, 11) is 0. The summed E-state index contributed by atoms with van der Waals surface area (Å²) in [5.74, 6) is -3.96. The van der Waals surface area contributed by atoms with Crippen molar-refractivity contribution >= 4 is 0 Å². The molecule has 0 spiro atoms. The molecule has 2 unspecified atom stereocenters. The number of hydrogen-bond acceptors (Lipinski definition) is 0. The second-order valence-corrected chi connectivity index (χ2v) is 31.3. The van der Waals surface area contributed by atoms with E-state index in [2.05, 4.69) is 106 Å². The highest BCUT2D eigenvalue weighted by atomic mass is 19.4. The Morgan fingerprint density at radius 3 is 0.923 bits per heavy atom. The van der Waals surface area contributed by atoms with Crippen molar-refractivity contribution in [3.63, 3.8) is 0 Å². The Morgan fingerprint density at radius 2 is 0.821 bits per heavy atom. The quantitative estimate of drug-likeness (QED) is 0.282. The highest BCUT2D eigenvalue weighted by molar-refractivity contribution is 5.22. The van der Waals surface area contributed by atoms with E-state index in [4.69, 9.17) is 21.9 Å². The lowest BCUT2D eigenvalue weighted by Gasteiger charge is -2.45. The van der Waals surface area contributed by atoms with Gasteiger partial charge in [0.25, 0.3) is 0 Å². The molecule has 0 amide bonds. The Labute approximate surface area is 521 Å². The Kier molecular flexibility index (Phi) is 32.6. The third kappa shape index (κ3) is 58.2. The van der Waals surface area contributed by atoms with Crippen LogP contribution in [0.4, 0.5) is 13.2 Å². The first-order valence-electron chi connectivity index (χ1n) is 36.5. The van der Waals surface area contributed by atoms with Gasteiger partial charge in [-0.15, -0.1) is 0 Å². The molecule has 0 radical (unpaired) electrons. The molecule has 0 nitrogen and oxygen atoms in total. The smallest absolute Gasteiger partial charge is 0.171 e. The fourth-order valence-corrected chi connectivity index (χ4v) is 8.40. The second-order valence-electron chi connectivity index (χ2n) is 31.3. The van der Waals surface area contributed by atoms with Gasteiger partial charge in [0.15, 0.2) is 0 Å². The third-order valence-electron chi connectivity index (χ3n) is 13.0. The van der Waals surface area contributed by atoms with E-state index >= 15 is 0 Å². The Morgan fingerprint density at radius 1 is 0.500 bits per heavy atom. The minimum Gasteiger partial charge on any atom is -0.171 e. The monoisotopic (exact) mass is 1130 g/mol. The molecule has 1 aromatic rings. The Hall–Kier alpha value is -0.990. The van der Waals surface area contributed by atoms with E-state index in [1.807, 2.05) is 76.2 Å². The maximum absolute atomic E-state index is 12.2. The topological polar surface area (TPSA) is 0 Å². The van der Waals surface area contributed by atoms with Gasteiger partial charge < -0.3 is 0 Å². The maximum Gasteiger partial charge on any atom is 0.391 e. The molecule has 2 aliphatic rings. The van der Waals surface area contributed by atoms with Crippen molar-refractivity contribution in [2.75, 3.05) is 0 Å². The summed E-state index contributed by atoms with van der Waals surface area (Å²) in [6.45, 7) is 62.1. The highest BCUT2D eigenvalue weighted by Crippen LogP contribution is 2.51. The van der Waals surface area contributed by atoms with Crippen LogP contribution in [0.2, 0.25) is 0 Å². The van der Waals surface area contributed by atoms with E-state index in [0.29, 0.717) is 27.1 Å². The third-order valence-corrected chi connectivity index (χ3v) is 13.0. The predicted octanol–water partition coefficient (Wildman–Crippen LogP) is 29.2. The van der Waals surface area contributed by atoms with Gasteiger partial charge in [-0.2, -0.15) is 13.2 Å². The van der Waals surface area contributed by atoms with Gasteiger partial charge in [0.1, 0.15) is 0 Å². The molecule has 0 saturated heterocycles. The van der Waals surface area contributed by atoms with Crippen LogP contribution in [-0.4, -0.2) is 6.18 Å². The summed E-state index contributed by atoms with van der Waals surface area (Å²) < 4.78 is 157. The zero-order valence-corrected chi connectivity index (χ0v) is 56.0. The van der Waals surface area contributed by atoms with Gasteiger partial charge in [-0.3, -0.25) is 0 Å². The van der Waals surface area contributed by atoms with Crippen molar-refractivity contribution in [3.05, 3.63) is 35.9 Å². The molecule has 1 aromatic carbocycles. The van der Waals surface area contributed by atoms with Crippen molar-refractivity contribution < 1.29 is 35.1 Å². The van der Waals surface area contributed by atoms with Crippen LogP contribution in [0.1, 0.15) is 395 Å². The Balaban J connectivity index is -0.000000125. The lowest BCUT2D eigenvalue weighted by Crippen LogP contribution is -2.34. The van der Waals surface area contributed by atoms with Crippen LogP contribution in [0, 0.1) is 71.9 Å². The summed E-state index contributed by atoms with van der Waals surface area (Å²) >= 11 is 0. The van der Waals surface area contributed by atoms with Gasteiger partial charge in [-0.1, -0.05) is 347 Å². The average molecular weight is 1130 g/mol. The molecule has 0 aromatic heterocycles. The Bertz CT molecular complexity index is 2010. The summed E-state index contributed by atoms with van der Waals surface area (Å²) in [5.41, 5.74) is 0.521. The largest absolute Gasteiger partial charge is 0.391 e. The molecule has 0 N–H and O–H groups in total. The molecular weight excluding hydrogens is 958 g/mol. The van der Waals surface area contributed by atoms with E-state index < -0.39 is 79.3 Å². The van der Waals surface area contributed by atoms with Crippen molar-refractivity contribution in [2.24, 2.45) is 71.9 Å². The molecule has 2 fully saturated rings. The fourth-order valence-electron chi connectivity index (χ4n) is 8.40. The van der Waals surface area contributed by atoms with Crippen molar-refractivity contribution in [1.29, 1.82) is 0 Å². The molecule has 0 aliphatic heterocycles. The van der Waals surface area contributed by atoms with E-state index in [0.717, 1.165) is 13.8 Å². The normalized spacial score (nSPS) is 20.9. The molecule has 0 heterocycles. The van der Waals surface area contributed by atoms with Crippen molar-refractivity contribution in [3.8, 4) is 0 Å². The zero-order valence-electron chi connectivity index (χ0n) is 72.0. The summed E-state index contributed by atoms with van der Waals surface area (Å²) in [4.78, 5) is 0. The molecular formula is C75H159F3. The standard InChI is InChI=1S/C11H22.C10H20.C10H14.C9H20.C8H15F3.2C8H18.C7H16.4CH4/c1-10(2,3)11(4)8-6-5-7-9-11;1-9(2,3)10(4)7-5-6-8-10;1-10(2,3)9-7-5-4-6-8-9;1-8(2,3)7-9(4,5)6;1-6(8(9,10)11)5-7(2,3)4;1-7(2)6-8(3,4)5;1-6-7(2)8(3,4)5;1-5-6-7(2,3)4;;;;/h5-9H2,1-4H3;5-8H2,1-4H3;4-8H,1-3H3;7H2,1-6H3;6H,5H2,1-4H3;2*7H,6H2,1-5H3;5-6H2,1-4H3;4*1H4/i;;;7D2;5D2;6D2;2D3,6D2,7D;5D2,6D2;;;;. The number of hydrogen-bond donors (Lipinski definition) is 0. The first-order valence-corrected chi connectivity index (χ1v) is 28.5. The summed E-state index contributed by atoms with van der Waals surface area (Å²) in [6.07, 6.45) is -1.52. The van der Waals surface area contributed by atoms with E-state index in [-0.39, 0.29) is 51.9 Å². The minimum atomic E-state index is -4.48. The van der Waals surface area contributed by atoms with E-state index in [9.17, 15) is 13.2 Å². The molecule has 480 valence electrons. The van der Waals surface area contributed by atoms with E-state index in [1.165, 1.54) is 91.0 Å². The molecule has 3 heteroatoms. The van der Waals surface area contributed by atoms with Gasteiger partial charge in [0.05, 0.1) is 5.92 Å². The molecule has 0 bridgehead atoms. The predicted molar refractivity (Wildman–Crippen MR) is 364 cm³/mol. The summed E-state index contributed by atoms with van der Waals surface area (Å²) in [5, 5.41) is 0. The van der Waals surface area contributed by atoms with Crippen LogP contribution in [0.3, 0.4) is 0 Å². The van der Waals surface area contributed by atoms with Gasteiger partial charge in [-0.25, -0.2) is 0 Å². The van der Waals surface area contributed by atoms with Gasteiger partial charge in [0, 0.05) is 21.9 Å². The number of halogens is 3. The maximum atomic E-state index is 12.2. The van der Waals surface area contributed by atoms with Crippen LogP contribution in [-0.2, 0) is 5.41 Å². The molecule has 2 aliphatic carbocycles. The SMILES string of the molecule is C.C.C.C.CC(C)(C)C1(C)CCCC1.CC(C)(C)C1(C)CCCCC1.CC(C)(C)c1ccccc1.[2H]C([2H])(C(C)(C)C)C(C)(C)C.[2H]C([2H])(C(C)C(F)(F)F)C(C)(C)C.[2H]C([2H])(C(C)C)C(C)(C)C.[2H]C([2H])(C)C([2H])([2H])C(C)(C)C.[2H]C([2H])([2H])C([2H])(C([2H])([2H])C)C(C)(C)C. The van der Waals surface area contributed by atoms with E-state index in [1.54, 1.807) is 41.5 Å². The lowest BCUT2D eigenvalue weighted by atomic mass is 9.61. The van der Waals surface area contributed by atoms with Gasteiger partial charge in [-0.05, 0) is 128 Å². The lowest BCUT2D eigenvalue weighted by molar-refractivity contribution is -0.176. The van der Waals surface area contributed by atoms with Crippen LogP contribution in [0.5, 0.6) is 0 Å². The number of rotatable bonds is 4. The minimum absolute atomic E-state index is 0. The highest BCUT2D eigenvalue weighted by Gasteiger charge is 2.40. The first-order chi connectivity index (χ1) is 38.4. The van der Waals surface area contributed by atoms with Crippen LogP contribution >= 0.6 is 0 Å². The first kappa shape index (κ1) is 63.0. The summed E-state index contributed by atoms with van der Waals surface area (Å²) in [6, 6.07) is 10.6. The molecule has 2 atom stereocenters. The van der Waals surface area contributed by atoms with Crippen LogP contribution < -0.4 is 0 Å². The zero-order chi connectivity index (χ0) is 74.6. The fraction of sp³-hybridized carbons (Fsp3) is 0.920. The van der Waals surface area contributed by atoms with Gasteiger partial charge in [0.2, 0.25) is 0 Å². The van der Waals surface area contributed by atoms with Crippen molar-refractivity contribution in [2.45, 2.75) is 380 Å². The number of alkyl halides is 3. The second kappa shape index (κ2) is 40.3. The molecule has 78 heavy (non-hydrogen) atoms. The average Bonchev–Trinajstić information content (AvgIpc) is 0.856. The van der Waals surface area contributed by atoms with Crippen molar-refractivity contribution in [1.82, 2.24) is 0 Å². The molecule has 2 saturated carbocycles.